The molecule has 0 unspecified atom stereocenters. The summed E-state index contributed by atoms with van der Waals surface area (Å²) < 4.78 is 0. The fourth-order valence-electron chi connectivity index (χ4n) is 2.06. The average Bonchev–Trinajstić information content (AvgIpc) is 2.68. The number of piperidine rings is 1. The second kappa shape index (κ2) is 5.60. The number of likely N-dealkylation sites (tertiary alicyclic amines) is 1. The van der Waals surface area contributed by atoms with Gasteiger partial charge in [-0.3, -0.25) is 9.69 Å². The number of hydrogen-bond donors (Lipinski definition) is 1. The Balaban J connectivity index is 1.86. The van der Waals surface area contributed by atoms with Crippen LogP contribution in [0, 0.1) is 5.92 Å². The lowest BCUT2D eigenvalue weighted by molar-refractivity contribution is -0.136. The summed E-state index contributed by atoms with van der Waals surface area (Å²) in [5, 5.41) is 9.73. The van der Waals surface area contributed by atoms with Gasteiger partial charge in [0, 0.05) is 11.1 Å². The molecule has 17 heavy (non-hydrogen) atoms. The van der Waals surface area contributed by atoms with E-state index in [0.717, 1.165) is 35.4 Å². The number of carboxylic acids is 1. The lowest BCUT2D eigenvalue weighted by Crippen LogP contribution is -2.32. The number of hydrogen-bond acceptors (Lipinski definition) is 4. The van der Waals surface area contributed by atoms with Crippen LogP contribution in [0.15, 0.2) is 6.20 Å². The van der Waals surface area contributed by atoms with Crippen LogP contribution in [0.25, 0.3) is 0 Å². The summed E-state index contributed by atoms with van der Waals surface area (Å²) in [4.78, 5) is 18.1. The number of thiazole rings is 1. The molecule has 1 aliphatic rings. The first-order valence-electron chi connectivity index (χ1n) is 6.01. The van der Waals surface area contributed by atoms with Gasteiger partial charge in [-0.25, -0.2) is 4.98 Å². The first-order valence-corrected chi connectivity index (χ1v) is 6.83. The summed E-state index contributed by atoms with van der Waals surface area (Å²) in [6.45, 7) is 5.44. The highest BCUT2D eigenvalue weighted by Gasteiger charge is 2.17. The Kier molecular flexibility index (Phi) is 4.12. The molecule has 1 aromatic rings. The molecule has 0 atom stereocenters. The number of nitrogens with zero attached hydrogens (tertiary/aromatic N) is 2. The van der Waals surface area contributed by atoms with E-state index in [2.05, 4.69) is 16.8 Å². The van der Waals surface area contributed by atoms with E-state index in [1.807, 2.05) is 0 Å². The number of carboxylic acid groups (broad SMARTS) is 1. The maximum Gasteiger partial charge on any atom is 0.308 e. The predicted octanol–water partition coefficient (Wildman–Crippen LogP) is 2.00. The van der Waals surface area contributed by atoms with Crippen LogP contribution in [0.4, 0.5) is 0 Å². The van der Waals surface area contributed by atoms with Gasteiger partial charge in [0.05, 0.1) is 13.0 Å². The predicted molar refractivity (Wildman–Crippen MR) is 67.1 cm³/mol. The molecule has 2 rings (SSSR count). The van der Waals surface area contributed by atoms with Crippen molar-refractivity contribution in [2.45, 2.75) is 32.7 Å². The molecule has 0 radical (unpaired) electrons. The Bertz CT molecular complexity index is 384. The van der Waals surface area contributed by atoms with E-state index in [1.54, 1.807) is 6.20 Å². The summed E-state index contributed by atoms with van der Waals surface area (Å²) in [5.74, 6) is 0.0529. The average molecular weight is 254 g/mol. The summed E-state index contributed by atoms with van der Waals surface area (Å²) in [6, 6.07) is 0. The van der Waals surface area contributed by atoms with Crippen LogP contribution in [0.3, 0.4) is 0 Å². The first-order chi connectivity index (χ1) is 8.13. The second-order valence-corrected chi connectivity index (χ2v) is 5.95. The van der Waals surface area contributed by atoms with Crippen molar-refractivity contribution >= 4 is 17.3 Å². The minimum Gasteiger partial charge on any atom is -0.481 e. The van der Waals surface area contributed by atoms with Crippen molar-refractivity contribution in [2.24, 2.45) is 5.92 Å². The van der Waals surface area contributed by atoms with E-state index < -0.39 is 5.97 Å². The zero-order valence-corrected chi connectivity index (χ0v) is 10.9. The molecule has 1 fully saturated rings. The van der Waals surface area contributed by atoms with Gasteiger partial charge < -0.3 is 5.11 Å². The highest BCUT2D eigenvalue weighted by Crippen LogP contribution is 2.20. The molecule has 94 valence electrons. The standard InChI is InChI=1S/C12H18N2O2S/c1-9-2-4-14(5-3-9)8-11-13-7-10(17-11)6-12(15)16/h7,9H,2-6,8H2,1H3,(H,15,16). The van der Waals surface area contributed by atoms with Gasteiger partial charge in [0.2, 0.25) is 0 Å². The first kappa shape index (κ1) is 12.5. The quantitative estimate of drug-likeness (QED) is 0.893. The van der Waals surface area contributed by atoms with Crippen LogP contribution in [0.5, 0.6) is 0 Å². The van der Waals surface area contributed by atoms with E-state index in [0.29, 0.717) is 0 Å². The lowest BCUT2D eigenvalue weighted by Gasteiger charge is -2.29. The van der Waals surface area contributed by atoms with Crippen LogP contribution in [0.1, 0.15) is 29.7 Å². The molecule has 1 saturated heterocycles. The van der Waals surface area contributed by atoms with Crippen molar-refractivity contribution < 1.29 is 9.90 Å². The van der Waals surface area contributed by atoms with Crippen molar-refractivity contribution in [2.75, 3.05) is 13.1 Å². The Morgan fingerprint density at radius 1 is 1.59 bits per heavy atom. The third-order valence-electron chi connectivity index (χ3n) is 3.16. The van der Waals surface area contributed by atoms with E-state index in [9.17, 15) is 4.79 Å². The minimum atomic E-state index is -0.785. The second-order valence-electron chi connectivity index (χ2n) is 4.75. The van der Waals surface area contributed by atoms with Crippen LogP contribution in [-0.2, 0) is 17.8 Å². The van der Waals surface area contributed by atoms with Crippen molar-refractivity contribution in [1.29, 1.82) is 0 Å². The zero-order valence-electron chi connectivity index (χ0n) is 10.1. The Hall–Kier alpha value is -0.940. The number of rotatable bonds is 4. The largest absolute Gasteiger partial charge is 0.481 e. The molecule has 0 amide bonds. The maximum absolute atomic E-state index is 10.6. The van der Waals surface area contributed by atoms with Gasteiger partial charge in [0.25, 0.3) is 0 Å². The molecule has 1 aliphatic heterocycles. The molecule has 0 spiro atoms. The Morgan fingerprint density at radius 2 is 2.29 bits per heavy atom. The lowest BCUT2D eigenvalue weighted by atomic mass is 9.99. The normalized spacial score (nSPS) is 18.4. The minimum absolute atomic E-state index is 0.0920. The van der Waals surface area contributed by atoms with Crippen molar-refractivity contribution in [3.8, 4) is 0 Å². The fourth-order valence-corrected chi connectivity index (χ4v) is 3.02. The maximum atomic E-state index is 10.6. The van der Waals surface area contributed by atoms with Crippen molar-refractivity contribution in [1.82, 2.24) is 9.88 Å². The number of aliphatic carboxylic acids is 1. The van der Waals surface area contributed by atoms with Gasteiger partial charge in [-0.1, -0.05) is 6.92 Å². The fraction of sp³-hybridized carbons (Fsp3) is 0.667. The van der Waals surface area contributed by atoms with Gasteiger partial charge in [-0.2, -0.15) is 0 Å². The smallest absolute Gasteiger partial charge is 0.308 e. The molecule has 2 heterocycles. The third-order valence-corrected chi connectivity index (χ3v) is 4.14. The van der Waals surface area contributed by atoms with Gasteiger partial charge >= 0.3 is 5.97 Å². The molecule has 1 N–H and O–H groups in total. The Morgan fingerprint density at radius 3 is 2.94 bits per heavy atom. The van der Waals surface area contributed by atoms with E-state index in [1.165, 1.54) is 24.2 Å². The van der Waals surface area contributed by atoms with E-state index >= 15 is 0 Å². The molecular formula is C12H18N2O2S. The third kappa shape index (κ3) is 3.78. The summed E-state index contributed by atoms with van der Waals surface area (Å²) in [6.07, 6.45) is 4.30. The highest BCUT2D eigenvalue weighted by atomic mass is 32.1. The number of aromatic nitrogens is 1. The molecule has 1 aromatic heterocycles. The molecule has 0 saturated carbocycles. The monoisotopic (exact) mass is 254 g/mol. The molecule has 0 aromatic carbocycles. The van der Waals surface area contributed by atoms with Crippen molar-refractivity contribution in [3.63, 3.8) is 0 Å². The van der Waals surface area contributed by atoms with Crippen molar-refractivity contribution in [3.05, 3.63) is 16.1 Å². The topological polar surface area (TPSA) is 53.4 Å². The van der Waals surface area contributed by atoms with Crippen LogP contribution >= 0.6 is 11.3 Å². The molecule has 0 aliphatic carbocycles. The summed E-state index contributed by atoms with van der Waals surface area (Å²) in [7, 11) is 0. The van der Waals surface area contributed by atoms with E-state index in [-0.39, 0.29) is 6.42 Å². The number of carbonyl (C=O) groups is 1. The van der Waals surface area contributed by atoms with Crippen LogP contribution in [-0.4, -0.2) is 34.0 Å². The van der Waals surface area contributed by atoms with Gasteiger partial charge in [-0.15, -0.1) is 11.3 Å². The van der Waals surface area contributed by atoms with Gasteiger partial charge in [-0.05, 0) is 31.8 Å². The van der Waals surface area contributed by atoms with Gasteiger partial charge in [0.15, 0.2) is 0 Å². The zero-order chi connectivity index (χ0) is 12.3. The van der Waals surface area contributed by atoms with E-state index in [4.69, 9.17) is 5.11 Å². The molecule has 0 bridgehead atoms. The molecule has 5 heteroatoms. The SMILES string of the molecule is CC1CCN(Cc2ncc(CC(=O)O)s2)CC1. The summed E-state index contributed by atoms with van der Waals surface area (Å²) >= 11 is 1.52. The highest BCUT2D eigenvalue weighted by molar-refractivity contribution is 7.11. The Labute approximate surface area is 105 Å². The van der Waals surface area contributed by atoms with Crippen LogP contribution < -0.4 is 0 Å². The van der Waals surface area contributed by atoms with Crippen LogP contribution in [0.2, 0.25) is 0 Å². The summed E-state index contributed by atoms with van der Waals surface area (Å²) in [5.41, 5.74) is 0. The molecule has 4 nitrogen and oxygen atoms in total. The molecular weight excluding hydrogens is 236 g/mol. The van der Waals surface area contributed by atoms with Gasteiger partial charge in [0.1, 0.15) is 5.01 Å².